The number of methoxy groups -OCH3 is 1. The molecule has 2 amide bonds. The van der Waals surface area contributed by atoms with Gasteiger partial charge >= 0.3 is 12.3 Å². The van der Waals surface area contributed by atoms with Crippen LogP contribution in [0.25, 0.3) is 83.3 Å². The van der Waals surface area contributed by atoms with Gasteiger partial charge in [0.25, 0.3) is 5.91 Å². The zero-order valence-electron chi connectivity index (χ0n) is 56.3. The minimum atomic E-state index is -4.82. The molecule has 3 aliphatic rings. The number of alkyl halides is 3. The van der Waals surface area contributed by atoms with E-state index in [1.54, 1.807) is 66.1 Å². The Morgan fingerprint density at radius 2 is 1.17 bits per heavy atom. The molecule has 1 aliphatic heterocycles. The molecule has 103 heavy (non-hydrogen) atoms. The van der Waals surface area contributed by atoms with E-state index in [2.05, 4.69) is 66.5 Å². The van der Waals surface area contributed by atoms with E-state index in [9.17, 15) is 27.6 Å². The van der Waals surface area contributed by atoms with Gasteiger partial charge in [0.1, 0.15) is 68.6 Å². The molecule has 2 saturated carbocycles. The van der Waals surface area contributed by atoms with Crippen molar-refractivity contribution in [3.8, 4) is 39.8 Å². The first-order chi connectivity index (χ1) is 49.8. The van der Waals surface area contributed by atoms with Crippen molar-refractivity contribution < 1.29 is 41.4 Å². The number of piperidine rings is 1. The number of anilines is 4. The molecule has 3 aromatic carbocycles. The number of hydrogen-bond acceptors (Lipinski definition) is 16. The number of aromatic amines is 3. The maximum Gasteiger partial charge on any atom is 0.573 e. The average Bonchev–Trinajstić information content (AvgIpc) is 1.61. The van der Waals surface area contributed by atoms with Crippen LogP contribution >= 0.6 is 0 Å². The summed E-state index contributed by atoms with van der Waals surface area (Å²) in [6.07, 6.45) is 20.0. The summed E-state index contributed by atoms with van der Waals surface area (Å²) in [7, 11) is 3.25. The van der Waals surface area contributed by atoms with Crippen LogP contribution in [0.15, 0.2) is 147 Å². The van der Waals surface area contributed by atoms with Crippen LogP contribution in [0.3, 0.4) is 0 Å². The van der Waals surface area contributed by atoms with Gasteiger partial charge in [-0.25, -0.2) is 39.3 Å². The van der Waals surface area contributed by atoms with Crippen LogP contribution in [-0.2, 0) is 21.4 Å². The number of rotatable bonds is 11. The van der Waals surface area contributed by atoms with Gasteiger partial charge in [-0.05, 0) is 120 Å². The van der Waals surface area contributed by atoms with E-state index in [4.69, 9.17) is 36.9 Å². The Labute approximate surface area is 584 Å². The third-order valence-electron chi connectivity index (χ3n) is 20.1. The van der Waals surface area contributed by atoms with Crippen molar-refractivity contribution in [1.29, 1.82) is 0 Å². The Morgan fingerprint density at radius 1 is 0.592 bits per heavy atom. The molecule has 25 nitrogen and oxygen atoms in total. The molecule has 1 saturated heterocycles. The van der Waals surface area contributed by atoms with Crippen LogP contribution in [0.5, 0.6) is 5.75 Å². The lowest BCUT2D eigenvalue weighted by molar-refractivity contribution is -0.274. The highest BCUT2D eigenvalue weighted by Gasteiger charge is 2.36. The number of likely N-dealkylation sites (tertiary alicyclic amines) is 1. The maximum absolute atomic E-state index is 15.6. The summed E-state index contributed by atoms with van der Waals surface area (Å²) in [5.74, 6) is 3.26. The summed E-state index contributed by atoms with van der Waals surface area (Å²) in [5, 5.41) is 5.45. The van der Waals surface area contributed by atoms with Crippen LogP contribution < -0.4 is 27.3 Å². The van der Waals surface area contributed by atoms with Gasteiger partial charge in [-0.1, -0.05) is 36.4 Å². The molecule has 0 bridgehead atoms. The van der Waals surface area contributed by atoms with E-state index in [1.807, 2.05) is 88.7 Å². The van der Waals surface area contributed by atoms with Crippen LogP contribution in [-0.4, -0.2) is 122 Å². The Kier molecular flexibility index (Phi) is 17.7. The molecule has 29 heteroatoms. The highest BCUT2D eigenvalue weighted by atomic mass is 19.4. The largest absolute Gasteiger partial charge is 0.573 e. The Morgan fingerprint density at radius 3 is 1.75 bits per heavy atom. The van der Waals surface area contributed by atoms with Gasteiger partial charge in [0.15, 0.2) is 17.4 Å². The fourth-order valence-corrected chi connectivity index (χ4v) is 14.9. The number of ether oxygens (including phenoxy) is 2. The molecule has 17 rings (SSSR count). The quantitative estimate of drug-likeness (QED) is 0.0467. The van der Waals surface area contributed by atoms with Gasteiger partial charge in [-0.15, -0.1) is 13.2 Å². The van der Waals surface area contributed by atoms with Crippen LogP contribution in [0.2, 0.25) is 0 Å². The van der Waals surface area contributed by atoms with E-state index in [1.165, 1.54) is 19.2 Å². The van der Waals surface area contributed by atoms with E-state index in [0.29, 0.717) is 93.7 Å². The SMILES string of the molecule is COC(=O)C1CCC(c2nc(-c3ccc4ccn(C)c4c3F)c3c(N)nccn23)CC1.Cc1ccc(NC(=O)C2CCC(c3nc(-c4cc5cccc(OC(F)(F)F)c5[nH]4)c4c(N)nccn34)CC2)cn1.Nc1nccn2c(C3CCN(C(=O)c4ncc[nH]4)CC3)nc(-c3cc4ccccc4[nH]3)c12. The number of carbonyl (C=O) groups is 3. The third-order valence-corrected chi connectivity index (χ3v) is 20.1. The monoisotopic (exact) mass is 1400 g/mol. The first-order valence-electron chi connectivity index (χ1n) is 34.0. The molecule has 10 N–H and O–H groups in total. The summed E-state index contributed by atoms with van der Waals surface area (Å²) in [6, 6.07) is 25.6. The number of pyridine rings is 1. The van der Waals surface area contributed by atoms with Gasteiger partial charge in [-0.2, -0.15) is 0 Å². The molecule has 3 fully saturated rings. The third kappa shape index (κ3) is 13.0. The molecule has 0 spiro atoms. The molecule has 0 atom stereocenters. The predicted molar refractivity (Wildman–Crippen MR) is 381 cm³/mol. The lowest BCUT2D eigenvalue weighted by Gasteiger charge is -2.30. The van der Waals surface area contributed by atoms with Crippen LogP contribution in [0, 0.1) is 24.6 Å². The highest BCUT2D eigenvalue weighted by Crippen LogP contribution is 2.44. The lowest BCUT2D eigenvalue weighted by atomic mass is 9.81. The van der Waals surface area contributed by atoms with Gasteiger partial charge in [-0.3, -0.25) is 32.6 Å². The van der Waals surface area contributed by atoms with Crippen molar-refractivity contribution in [3.05, 3.63) is 182 Å². The van der Waals surface area contributed by atoms with Crippen molar-refractivity contribution in [3.63, 3.8) is 0 Å². The van der Waals surface area contributed by atoms with Crippen molar-refractivity contribution >= 4 is 90.2 Å². The van der Waals surface area contributed by atoms with Gasteiger partial charge in [0.05, 0.1) is 47.3 Å². The number of esters is 1. The summed E-state index contributed by atoms with van der Waals surface area (Å²) in [4.78, 5) is 84.6. The number of para-hydroxylation sites is 2. The van der Waals surface area contributed by atoms with Gasteiger partial charge < -0.3 is 56.4 Å². The lowest BCUT2D eigenvalue weighted by Crippen LogP contribution is -2.38. The number of H-pyrrole nitrogens is 3. The number of aromatic nitrogens is 15. The van der Waals surface area contributed by atoms with E-state index >= 15 is 4.39 Å². The first kappa shape index (κ1) is 66.7. The second-order valence-corrected chi connectivity index (χ2v) is 26.4. The van der Waals surface area contributed by atoms with E-state index in [-0.39, 0.29) is 70.3 Å². The number of nitrogen functional groups attached to an aromatic ring is 3. The molecule has 2 aliphatic carbocycles. The number of imidazole rings is 4. The van der Waals surface area contributed by atoms with Crippen LogP contribution in [0.4, 0.5) is 40.7 Å². The predicted octanol–water partition coefficient (Wildman–Crippen LogP) is 13.2. The number of benzene rings is 3. The summed E-state index contributed by atoms with van der Waals surface area (Å²) >= 11 is 0. The number of amides is 2. The second kappa shape index (κ2) is 27.4. The van der Waals surface area contributed by atoms with Crippen molar-refractivity contribution in [1.82, 2.24) is 77.5 Å². The zero-order chi connectivity index (χ0) is 71.4. The molecular formula is C74H72F4N20O5. The van der Waals surface area contributed by atoms with Crippen molar-refractivity contribution in [2.75, 3.05) is 42.7 Å². The minimum Gasteiger partial charge on any atom is -0.469 e. The molecule has 0 unspecified atom stereocenters. The molecule has 526 valence electrons. The summed E-state index contributed by atoms with van der Waals surface area (Å²) in [5.41, 5.74) is 27.7. The standard InChI is InChI=1S/C28H26F3N7O2.C23H24FN5O2.C23H22N8O/c1-15-5-10-19(14-34-15)35-27(39)17-8-6-16(7-9-17)26-37-23(24-25(32)33-11-12-38(24)26)20-13-18-3-2-4-21(22(18)36-20)40-28(29,30)31;1-28-11-9-13-7-8-16(17(24)19(13)28)18-20-21(25)26-10-12-29(20)22(27-18)14-3-5-15(6-4-14)23(30)31-2;24-20-19-18(17-13-15-3-1-2-4-16(15)28-17)29-22(31(19)12-9-25-20)14-5-10-30(11-6-14)23(32)21-26-7-8-27-21/h2-5,10-14,16-17,36H,6-9H2,1H3,(H2,32,33)(H,35,39);7-12,14-15H,3-6H2,1-2H3,(H2,25,26);1-4,7-9,12-14,28H,5-6,10-11H2,(H2,24,25)(H,26,27). The molecular weight excluding hydrogens is 1320 g/mol. The topological polar surface area (TPSA) is 332 Å². The number of hydrogen-bond donors (Lipinski definition) is 7. The smallest absolute Gasteiger partial charge is 0.469 e. The number of fused-ring (bicyclic) bond motifs is 6. The fourth-order valence-electron chi connectivity index (χ4n) is 14.9. The average molecular weight is 1400 g/mol. The molecule has 12 heterocycles. The van der Waals surface area contributed by atoms with Crippen molar-refractivity contribution in [2.24, 2.45) is 18.9 Å². The number of halogens is 4. The Balaban J connectivity index is 0.000000126. The Hall–Kier alpha value is -12.2. The zero-order valence-corrected chi connectivity index (χ0v) is 56.3. The van der Waals surface area contributed by atoms with Gasteiger partial charge in [0, 0.05) is 133 Å². The second-order valence-electron chi connectivity index (χ2n) is 26.4. The fraction of sp³-hybridized carbons (Fsp3) is 0.284. The number of nitrogens with one attached hydrogen (secondary N) is 4. The summed E-state index contributed by atoms with van der Waals surface area (Å²) in [6.45, 7) is 3.20. The van der Waals surface area contributed by atoms with E-state index < -0.39 is 6.36 Å². The maximum atomic E-state index is 15.6. The number of aryl methyl sites for hydroxylation is 2. The number of nitrogens with two attached hydrogens (primary N) is 3. The molecule has 0 radical (unpaired) electrons. The van der Waals surface area contributed by atoms with E-state index in [0.717, 1.165) is 108 Å². The van der Waals surface area contributed by atoms with Gasteiger partial charge in [0.2, 0.25) is 5.91 Å². The minimum absolute atomic E-state index is 0.0267. The highest BCUT2D eigenvalue weighted by molar-refractivity contribution is 5.96. The van der Waals surface area contributed by atoms with Crippen molar-refractivity contribution in [2.45, 2.75) is 95.2 Å². The normalized spacial score (nSPS) is 17.4. The summed E-state index contributed by atoms with van der Waals surface area (Å²) < 4.78 is 71.2. The molecule has 11 aromatic heterocycles. The first-order valence-corrected chi connectivity index (χ1v) is 34.0. The molecule has 14 aromatic rings. The number of carbonyl (C=O) groups excluding carboxylic acids is 3. The Bertz CT molecular complexity index is 5460. The van der Waals surface area contributed by atoms with Crippen LogP contribution in [0.1, 0.15) is 116 Å². The number of nitrogens with zero attached hydrogens (tertiary/aromatic N) is 13.